The molecule has 4 nitrogen and oxygen atoms in total. The number of H-pyrrole nitrogens is 1. The van der Waals surface area contributed by atoms with Gasteiger partial charge in [-0.1, -0.05) is 0 Å². The van der Waals surface area contributed by atoms with Crippen LogP contribution in [0.4, 0.5) is 0 Å². The summed E-state index contributed by atoms with van der Waals surface area (Å²) in [4.78, 5) is 7.47. The van der Waals surface area contributed by atoms with Crippen molar-refractivity contribution in [2.45, 2.75) is 19.4 Å². The highest BCUT2D eigenvalue weighted by Gasteiger charge is 2.12. The van der Waals surface area contributed by atoms with Crippen LogP contribution >= 0.6 is 12.2 Å². The van der Waals surface area contributed by atoms with Crippen LogP contribution in [0.15, 0.2) is 18.3 Å². The van der Waals surface area contributed by atoms with Crippen molar-refractivity contribution in [1.82, 2.24) is 14.5 Å². The normalized spacial score (nSPS) is 14.9. The Morgan fingerprint density at radius 1 is 1.65 bits per heavy atom. The van der Waals surface area contributed by atoms with Crippen molar-refractivity contribution in [2.75, 3.05) is 12.0 Å². The molecule has 17 heavy (non-hydrogen) atoms. The molecular weight excluding hydrogens is 254 g/mol. The number of pyridine rings is 1. The summed E-state index contributed by atoms with van der Waals surface area (Å²) in [5.41, 5.74) is 1.81. The van der Waals surface area contributed by atoms with E-state index in [9.17, 15) is 4.21 Å². The van der Waals surface area contributed by atoms with Gasteiger partial charge in [0, 0.05) is 35.0 Å². The molecule has 0 aliphatic carbocycles. The number of fused-ring (bicyclic) bond motifs is 1. The number of nitrogens with one attached hydrogen (secondary N) is 1. The summed E-state index contributed by atoms with van der Waals surface area (Å²) < 4.78 is 13.8. The average Bonchev–Trinajstić information content (AvgIpc) is 2.61. The van der Waals surface area contributed by atoms with E-state index in [1.54, 1.807) is 12.5 Å². The number of aromatic nitrogens is 3. The third-order valence-electron chi connectivity index (χ3n) is 2.74. The van der Waals surface area contributed by atoms with Crippen LogP contribution in [0.5, 0.6) is 0 Å². The molecule has 0 aliphatic heterocycles. The van der Waals surface area contributed by atoms with Gasteiger partial charge in [0.25, 0.3) is 0 Å². The Balaban J connectivity index is 2.37. The molecule has 0 fully saturated rings. The highest BCUT2D eigenvalue weighted by Crippen LogP contribution is 2.19. The Bertz CT molecular complexity index is 602. The quantitative estimate of drug-likeness (QED) is 0.867. The van der Waals surface area contributed by atoms with Gasteiger partial charge < -0.3 is 4.98 Å². The lowest BCUT2D eigenvalue weighted by Gasteiger charge is -2.12. The molecule has 0 spiro atoms. The molecule has 2 heterocycles. The van der Waals surface area contributed by atoms with Crippen molar-refractivity contribution in [1.29, 1.82) is 0 Å². The van der Waals surface area contributed by atoms with Crippen LogP contribution in [-0.2, 0) is 10.8 Å². The Labute approximate surface area is 108 Å². The molecular formula is C11H15N3OS2. The summed E-state index contributed by atoms with van der Waals surface area (Å²) in [6.45, 7) is 2.07. The number of nitrogens with zero attached hydrogens (tertiary/aromatic N) is 2. The molecule has 6 heteroatoms. The van der Waals surface area contributed by atoms with Crippen LogP contribution in [0, 0.1) is 4.77 Å². The van der Waals surface area contributed by atoms with Crippen LogP contribution in [0.2, 0.25) is 0 Å². The summed E-state index contributed by atoms with van der Waals surface area (Å²) in [6, 6.07) is 4.04. The largest absolute Gasteiger partial charge is 0.329 e. The zero-order chi connectivity index (χ0) is 12.4. The Morgan fingerprint density at radius 2 is 2.41 bits per heavy atom. The van der Waals surface area contributed by atoms with E-state index in [-0.39, 0.29) is 6.04 Å². The molecule has 2 rings (SSSR count). The van der Waals surface area contributed by atoms with Crippen molar-refractivity contribution in [3.05, 3.63) is 23.1 Å². The van der Waals surface area contributed by atoms with Gasteiger partial charge in [-0.25, -0.2) is 4.98 Å². The SMILES string of the molecule is CC(CCS(C)=O)n1c(=S)[nH]c2cccnc21. The van der Waals surface area contributed by atoms with Crippen molar-refractivity contribution in [3.8, 4) is 0 Å². The van der Waals surface area contributed by atoms with Gasteiger partial charge in [0.05, 0.1) is 5.52 Å². The summed E-state index contributed by atoms with van der Waals surface area (Å²) >= 11 is 5.30. The average molecular weight is 269 g/mol. The molecule has 2 unspecified atom stereocenters. The third kappa shape index (κ3) is 2.63. The second-order valence-electron chi connectivity index (χ2n) is 4.09. The van der Waals surface area contributed by atoms with Crippen molar-refractivity contribution in [3.63, 3.8) is 0 Å². The second-order valence-corrected chi connectivity index (χ2v) is 6.03. The van der Waals surface area contributed by atoms with Gasteiger partial charge in [-0.05, 0) is 37.7 Å². The van der Waals surface area contributed by atoms with E-state index in [1.807, 2.05) is 16.7 Å². The number of rotatable bonds is 4. The van der Waals surface area contributed by atoms with Crippen LogP contribution in [0.25, 0.3) is 11.2 Å². The second kappa shape index (κ2) is 5.10. The van der Waals surface area contributed by atoms with E-state index in [4.69, 9.17) is 12.2 Å². The Morgan fingerprint density at radius 3 is 3.12 bits per heavy atom. The fourth-order valence-electron chi connectivity index (χ4n) is 1.83. The fourth-order valence-corrected chi connectivity index (χ4v) is 2.88. The standard InChI is InChI=1S/C11H15N3OS2/c1-8(5-7-17(2)15)14-10-9(13-11(14)16)4-3-6-12-10/h3-4,6,8H,5,7H2,1-2H3,(H,13,16). The topological polar surface area (TPSA) is 50.7 Å². The molecule has 0 aliphatic rings. The summed E-state index contributed by atoms with van der Waals surface area (Å²) in [7, 11) is -0.766. The van der Waals surface area contributed by atoms with Crippen LogP contribution in [0.3, 0.4) is 0 Å². The first-order valence-corrected chi connectivity index (χ1v) is 7.58. The van der Waals surface area contributed by atoms with Gasteiger partial charge in [0.15, 0.2) is 10.4 Å². The van der Waals surface area contributed by atoms with Gasteiger partial charge in [-0.15, -0.1) is 0 Å². The summed E-state index contributed by atoms with van der Waals surface area (Å²) in [5.74, 6) is 0.683. The number of hydrogen-bond donors (Lipinski definition) is 1. The maximum Gasteiger partial charge on any atom is 0.179 e. The zero-order valence-electron chi connectivity index (χ0n) is 9.84. The molecule has 0 saturated carbocycles. The van der Waals surface area contributed by atoms with Crippen LogP contribution in [-0.4, -0.2) is 30.8 Å². The van der Waals surface area contributed by atoms with Crippen LogP contribution in [0.1, 0.15) is 19.4 Å². The first-order valence-electron chi connectivity index (χ1n) is 5.45. The molecule has 0 saturated heterocycles. The lowest BCUT2D eigenvalue weighted by Crippen LogP contribution is -2.09. The third-order valence-corrected chi connectivity index (χ3v) is 3.85. The maximum atomic E-state index is 11.1. The highest BCUT2D eigenvalue weighted by molar-refractivity contribution is 7.84. The van der Waals surface area contributed by atoms with E-state index in [2.05, 4.69) is 16.9 Å². The minimum atomic E-state index is -0.766. The maximum absolute atomic E-state index is 11.1. The predicted octanol–water partition coefficient (Wildman–Crippen LogP) is 2.42. The molecule has 2 atom stereocenters. The van der Waals surface area contributed by atoms with Crippen molar-refractivity contribution < 1.29 is 4.21 Å². The van der Waals surface area contributed by atoms with E-state index >= 15 is 0 Å². The molecule has 2 aromatic rings. The first-order chi connectivity index (χ1) is 8.09. The highest BCUT2D eigenvalue weighted by atomic mass is 32.2. The Hall–Kier alpha value is -1.01. The first kappa shape index (κ1) is 12.4. The molecule has 0 bridgehead atoms. The molecule has 92 valence electrons. The molecule has 0 radical (unpaired) electrons. The minimum absolute atomic E-state index is 0.204. The van der Waals surface area contributed by atoms with Gasteiger partial charge in [-0.2, -0.15) is 0 Å². The van der Waals surface area contributed by atoms with E-state index in [1.165, 1.54) is 0 Å². The summed E-state index contributed by atoms with van der Waals surface area (Å²) in [5, 5.41) is 0. The van der Waals surface area contributed by atoms with Gasteiger partial charge in [-0.3, -0.25) is 8.78 Å². The van der Waals surface area contributed by atoms with Crippen LogP contribution < -0.4 is 0 Å². The molecule has 1 N–H and O–H groups in total. The zero-order valence-corrected chi connectivity index (χ0v) is 11.5. The molecule has 0 aromatic carbocycles. The molecule has 0 amide bonds. The van der Waals surface area contributed by atoms with Gasteiger partial charge in [0.2, 0.25) is 0 Å². The fraction of sp³-hybridized carbons (Fsp3) is 0.455. The Kier molecular flexibility index (Phi) is 3.73. The van der Waals surface area contributed by atoms with Gasteiger partial charge >= 0.3 is 0 Å². The monoisotopic (exact) mass is 269 g/mol. The minimum Gasteiger partial charge on any atom is -0.329 e. The summed E-state index contributed by atoms with van der Waals surface area (Å²) in [6.07, 6.45) is 4.31. The van der Waals surface area contributed by atoms with E-state index in [0.717, 1.165) is 17.6 Å². The van der Waals surface area contributed by atoms with E-state index < -0.39 is 10.8 Å². The smallest absolute Gasteiger partial charge is 0.179 e. The number of aromatic amines is 1. The van der Waals surface area contributed by atoms with Gasteiger partial charge in [0.1, 0.15) is 0 Å². The predicted molar refractivity (Wildman–Crippen MR) is 73.2 cm³/mol. The van der Waals surface area contributed by atoms with E-state index in [0.29, 0.717) is 10.5 Å². The van der Waals surface area contributed by atoms with Crippen molar-refractivity contribution >= 4 is 34.2 Å². The van der Waals surface area contributed by atoms with Crippen molar-refractivity contribution in [2.24, 2.45) is 0 Å². The number of imidazole rings is 1. The lowest BCUT2D eigenvalue weighted by molar-refractivity contribution is 0.536. The molecule has 2 aromatic heterocycles. The lowest BCUT2D eigenvalue weighted by atomic mass is 10.2. The number of hydrogen-bond acceptors (Lipinski definition) is 3.